The Kier molecular flexibility index (Phi) is 3.28. The Morgan fingerprint density at radius 3 is 2.87 bits per heavy atom. The van der Waals surface area contributed by atoms with Crippen molar-refractivity contribution in [3.63, 3.8) is 0 Å². The number of nitrogen functional groups attached to an aromatic ring is 1. The van der Waals surface area contributed by atoms with Crippen LogP contribution in [0.4, 0.5) is 5.69 Å². The molecule has 1 aromatic heterocycles. The van der Waals surface area contributed by atoms with E-state index in [0.717, 1.165) is 25.2 Å². The molecule has 15 heavy (non-hydrogen) atoms. The van der Waals surface area contributed by atoms with E-state index in [1.165, 1.54) is 11.5 Å². The third-order valence-electron chi connectivity index (χ3n) is 1.66. The smallest absolute Gasteiger partial charge is 0.174 e. The Balaban J connectivity index is 2.24. The van der Waals surface area contributed by atoms with Crippen molar-refractivity contribution in [2.75, 3.05) is 5.73 Å². The van der Waals surface area contributed by atoms with Crippen LogP contribution in [-0.2, 0) is 0 Å². The van der Waals surface area contributed by atoms with Crippen molar-refractivity contribution in [3.8, 4) is 0 Å². The fourth-order valence-electron chi connectivity index (χ4n) is 1.01. The van der Waals surface area contributed by atoms with Crippen LogP contribution in [0.2, 0.25) is 0 Å². The van der Waals surface area contributed by atoms with Crippen LogP contribution in [-0.4, -0.2) is 9.36 Å². The number of halogens is 1. The van der Waals surface area contributed by atoms with Crippen molar-refractivity contribution in [1.82, 2.24) is 9.36 Å². The van der Waals surface area contributed by atoms with Crippen LogP contribution in [0.5, 0.6) is 0 Å². The van der Waals surface area contributed by atoms with Gasteiger partial charge >= 0.3 is 0 Å². The molecule has 0 aliphatic rings. The van der Waals surface area contributed by atoms with Gasteiger partial charge in [-0.3, -0.25) is 0 Å². The molecule has 0 saturated carbocycles. The lowest BCUT2D eigenvalue weighted by atomic mass is 10.3. The van der Waals surface area contributed by atoms with Crippen LogP contribution in [0, 0.1) is 6.92 Å². The van der Waals surface area contributed by atoms with Gasteiger partial charge in [-0.05, 0) is 52.6 Å². The Bertz CT molecular complexity index is 484. The molecule has 6 heteroatoms. The van der Waals surface area contributed by atoms with Crippen LogP contribution in [0.15, 0.2) is 31.9 Å². The second-order valence-electron chi connectivity index (χ2n) is 2.90. The van der Waals surface area contributed by atoms with Crippen molar-refractivity contribution < 1.29 is 0 Å². The minimum absolute atomic E-state index is 0.750. The summed E-state index contributed by atoms with van der Waals surface area (Å²) in [6.45, 7) is 1.89. The number of rotatable bonds is 2. The molecule has 2 aromatic rings. The summed E-state index contributed by atoms with van der Waals surface area (Å²) in [5.41, 5.74) is 6.41. The van der Waals surface area contributed by atoms with E-state index in [2.05, 4.69) is 25.3 Å². The number of nitrogens with zero attached hydrogens (tertiary/aromatic N) is 2. The predicted octanol–water partition coefficient (Wildman–Crippen LogP) is 3.34. The number of aryl methyl sites for hydroxylation is 1. The van der Waals surface area contributed by atoms with Crippen LogP contribution < -0.4 is 5.73 Å². The van der Waals surface area contributed by atoms with Gasteiger partial charge in [0.15, 0.2) is 4.34 Å². The van der Waals surface area contributed by atoms with Crippen molar-refractivity contribution in [2.45, 2.75) is 16.2 Å². The van der Waals surface area contributed by atoms with Gasteiger partial charge < -0.3 is 5.73 Å². The molecule has 0 bridgehead atoms. The molecule has 2 rings (SSSR count). The topological polar surface area (TPSA) is 51.8 Å². The summed E-state index contributed by atoms with van der Waals surface area (Å²) in [6.07, 6.45) is 0. The molecular weight excluding hydrogens is 294 g/mol. The number of benzene rings is 1. The third kappa shape index (κ3) is 2.70. The second-order valence-corrected chi connectivity index (χ2v) is 5.79. The summed E-state index contributed by atoms with van der Waals surface area (Å²) in [4.78, 5) is 5.39. The molecule has 3 nitrogen and oxygen atoms in total. The highest BCUT2D eigenvalue weighted by Gasteiger charge is 2.06. The fourth-order valence-corrected chi connectivity index (χ4v) is 3.27. The SMILES string of the molecule is Cc1nsc(Sc2ccc(N)cc2Br)n1. The van der Waals surface area contributed by atoms with Crippen LogP contribution in [0.1, 0.15) is 5.82 Å². The molecular formula is C9H8BrN3S2. The lowest BCUT2D eigenvalue weighted by molar-refractivity contribution is 1.10. The molecule has 0 spiro atoms. The summed E-state index contributed by atoms with van der Waals surface area (Å²) < 4.78 is 6.06. The fraction of sp³-hybridized carbons (Fsp3) is 0.111. The Morgan fingerprint density at radius 2 is 2.27 bits per heavy atom. The van der Waals surface area contributed by atoms with Crippen LogP contribution >= 0.6 is 39.2 Å². The van der Waals surface area contributed by atoms with Gasteiger partial charge in [0.25, 0.3) is 0 Å². The van der Waals surface area contributed by atoms with Gasteiger partial charge in [-0.1, -0.05) is 11.8 Å². The monoisotopic (exact) mass is 301 g/mol. The zero-order valence-electron chi connectivity index (χ0n) is 7.90. The zero-order valence-corrected chi connectivity index (χ0v) is 11.1. The average Bonchev–Trinajstić information content (AvgIpc) is 2.56. The molecule has 0 aliphatic heterocycles. The van der Waals surface area contributed by atoms with Crippen LogP contribution in [0.25, 0.3) is 0 Å². The van der Waals surface area contributed by atoms with E-state index in [1.54, 1.807) is 11.8 Å². The van der Waals surface area contributed by atoms with Gasteiger partial charge in [-0.25, -0.2) is 4.98 Å². The van der Waals surface area contributed by atoms with Gasteiger partial charge in [0.05, 0.1) is 0 Å². The van der Waals surface area contributed by atoms with E-state index >= 15 is 0 Å². The summed E-state index contributed by atoms with van der Waals surface area (Å²) in [6, 6.07) is 5.73. The number of anilines is 1. The molecule has 0 fully saturated rings. The van der Waals surface area contributed by atoms with Gasteiger partial charge in [0.1, 0.15) is 5.82 Å². The molecule has 0 amide bonds. The van der Waals surface area contributed by atoms with Gasteiger partial charge in [-0.2, -0.15) is 4.37 Å². The first kappa shape index (κ1) is 10.9. The van der Waals surface area contributed by atoms with E-state index in [0.29, 0.717) is 0 Å². The van der Waals surface area contributed by atoms with E-state index in [9.17, 15) is 0 Å². The standard InChI is InChI=1S/C9H8BrN3S2/c1-5-12-9(15-13-5)14-8-3-2-6(11)4-7(8)10/h2-4H,11H2,1H3. The molecule has 0 aliphatic carbocycles. The summed E-state index contributed by atoms with van der Waals surface area (Å²) in [5, 5.41) is 0. The Labute approximate surface area is 104 Å². The van der Waals surface area contributed by atoms with E-state index in [4.69, 9.17) is 5.73 Å². The molecule has 2 N–H and O–H groups in total. The number of nitrogens with two attached hydrogens (primary N) is 1. The molecule has 0 radical (unpaired) electrons. The number of aromatic nitrogens is 2. The van der Waals surface area contributed by atoms with Crippen molar-refractivity contribution in [3.05, 3.63) is 28.5 Å². The molecule has 0 unspecified atom stereocenters. The molecule has 1 heterocycles. The van der Waals surface area contributed by atoms with E-state index < -0.39 is 0 Å². The highest BCUT2D eigenvalue weighted by atomic mass is 79.9. The Morgan fingerprint density at radius 1 is 1.47 bits per heavy atom. The lowest BCUT2D eigenvalue weighted by Gasteiger charge is -2.01. The molecule has 0 saturated heterocycles. The minimum atomic E-state index is 0.750. The first-order valence-corrected chi connectivity index (χ1v) is 6.56. The van der Waals surface area contributed by atoms with Crippen molar-refractivity contribution >= 4 is 44.9 Å². The number of hydrogen-bond acceptors (Lipinski definition) is 5. The van der Waals surface area contributed by atoms with Gasteiger partial charge in [-0.15, -0.1) is 0 Å². The van der Waals surface area contributed by atoms with Gasteiger partial charge in [0, 0.05) is 15.1 Å². The van der Waals surface area contributed by atoms with Crippen LogP contribution in [0.3, 0.4) is 0 Å². The van der Waals surface area contributed by atoms with E-state index in [1.807, 2.05) is 25.1 Å². The highest BCUT2D eigenvalue weighted by molar-refractivity contribution is 9.10. The van der Waals surface area contributed by atoms with E-state index in [-0.39, 0.29) is 0 Å². The number of hydrogen-bond donors (Lipinski definition) is 1. The predicted molar refractivity (Wildman–Crippen MR) is 67.3 cm³/mol. The normalized spacial score (nSPS) is 10.5. The minimum Gasteiger partial charge on any atom is -0.399 e. The zero-order chi connectivity index (χ0) is 10.8. The molecule has 0 atom stereocenters. The summed E-state index contributed by atoms with van der Waals surface area (Å²) in [5.74, 6) is 0.814. The first-order valence-electron chi connectivity index (χ1n) is 4.18. The maximum absolute atomic E-state index is 5.66. The maximum atomic E-state index is 5.66. The first-order chi connectivity index (χ1) is 7.15. The Hall–Kier alpha value is -0.590. The molecule has 78 valence electrons. The average molecular weight is 302 g/mol. The van der Waals surface area contributed by atoms with Gasteiger partial charge in [0.2, 0.25) is 0 Å². The lowest BCUT2D eigenvalue weighted by Crippen LogP contribution is -1.84. The summed E-state index contributed by atoms with van der Waals surface area (Å²) in [7, 11) is 0. The molecule has 1 aromatic carbocycles. The maximum Gasteiger partial charge on any atom is 0.174 e. The quantitative estimate of drug-likeness (QED) is 0.864. The van der Waals surface area contributed by atoms with Crippen molar-refractivity contribution in [1.29, 1.82) is 0 Å². The highest BCUT2D eigenvalue weighted by Crippen LogP contribution is 2.35. The van der Waals surface area contributed by atoms with Crippen molar-refractivity contribution in [2.24, 2.45) is 0 Å². The largest absolute Gasteiger partial charge is 0.399 e. The second kappa shape index (κ2) is 4.51. The summed E-state index contributed by atoms with van der Waals surface area (Å²) >= 11 is 6.46. The third-order valence-corrected chi connectivity index (χ3v) is 4.50.